The highest BCUT2D eigenvalue weighted by Crippen LogP contribution is 2.19. The molecule has 21 heavy (non-hydrogen) atoms. The minimum absolute atomic E-state index is 0.171. The second-order valence-electron chi connectivity index (χ2n) is 4.53. The molecule has 0 spiro atoms. The van der Waals surface area contributed by atoms with E-state index in [1.807, 2.05) is 42.5 Å². The highest BCUT2D eigenvalue weighted by atomic mass is 16.5. The molecule has 1 heterocycles. The van der Waals surface area contributed by atoms with Crippen molar-refractivity contribution < 1.29 is 9.32 Å². The van der Waals surface area contributed by atoms with Crippen molar-refractivity contribution in [2.75, 3.05) is 5.32 Å². The van der Waals surface area contributed by atoms with Gasteiger partial charge >= 0.3 is 0 Å². The molecule has 1 amide bonds. The van der Waals surface area contributed by atoms with Gasteiger partial charge in [0.2, 0.25) is 5.89 Å². The first-order chi connectivity index (χ1) is 10.2. The molecule has 104 valence electrons. The fraction of sp³-hybridized carbons (Fsp3) is 0.0625. The van der Waals surface area contributed by atoms with Crippen LogP contribution in [0.5, 0.6) is 0 Å². The van der Waals surface area contributed by atoms with Crippen molar-refractivity contribution in [1.82, 2.24) is 10.1 Å². The number of hydrogen-bond donors (Lipinski definition) is 1. The molecule has 0 atom stereocenters. The van der Waals surface area contributed by atoms with Crippen LogP contribution in [0.25, 0.3) is 11.1 Å². The molecule has 5 heteroatoms. The summed E-state index contributed by atoms with van der Waals surface area (Å²) < 4.78 is 4.80. The van der Waals surface area contributed by atoms with Gasteiger partial charge < -0.3 is 4.52 Å². The lowest BCUT2D eigenvalue weighted by Gasteiger charge is -2.04. The molecular weight excluding hydrogens is 266 g/mol. The summed E-state index contributed by atoms with van der Waals surface area (Å²) in [6.07, 6.45) is 0. The number of benzene rings is 2. The molecule has 5 nitrogen and oxygen atoms in total. The topological polar surface area (TPSA) is 68.0 Å². The second-order valence-corrected chi connectivity index (χ2v) is 4.53. The fourth-order valence-electron chi connectivity index (χ4n) is 1.97. The Hall–Kier alpha value is -2.95. The number of anilines is 1. The number of amides is 1. The molecule has 1 aromatic heterocycles. The Balaban J connectivity index is 1.76. The standard InChI is InChI=1S/C16H13N3O2/c1-11-17-16(19-21-11)18-15(20)14-9-7-13(8-10-14)12-5-3-2-4-6-12/h2-10H,1H3,(H,18,19,20). The zero-order chi connectivity index (χ0) is 14.7. The van der Waals surface area contributed by atoms with Gasteiger partial charge in [-0.05, 0) is 28.4 Å². The quantitative estimate of drug-likeness (QED) is 0.798. The molecule has 1 N–H and O–H groups in total. The Kier molecular flexibility index (Phi) is 3.47. The zero-order valence-electron chi connectivity index (χ0n) is 11.4. The molecule has 0 bridgehead atoms. The summed E-state index contributed by atoms with van der Waals surface area (Å²) >= 11 is 0. The average molecular weight is 279 g/mol. The highest BCUT2D eigenvalue weighted by molar-refractivity contribution is 6.03. The lowest BCUT2D eigenvalue weighted by Crippen LogP contribution is -2.12. The van der Waals surface area contributed by atoms with Crippen molar-refractivity contribution in [3.05, 3.63) is 66.1 Å². The molecule has 0 aliphatic heterocycles. The van der Waals surface area contributed by atoms with Gasteiger partial charge in [-0.3, -0.25) is 10.1 Å². The van der Waals surface area contributed by atoms with E-state index in [0.717, 1.165) is 11.1 Å². The van der Waals surface area contributed by atoms with Crippen molar-refractivity contribution in [3.63, 3.8) is 0 Å². The van der Waals surface area contributed by atoms with Crippen LogP contribution >= 0.6 is 0 Å². The Morgan fingerprint density at radius 2 is 1.67 bits per heavy atom. The molecule has 0 saturated heterocycles. The number of nitrogens with zero attached hydrogens (tertiary/aromatic N) is 2. The molecule has 3 aromatic rings. The van der Waals surface area contributed by atoms with Crippen LogP contribution in [0.3, 0.4) is 0 Å². The van der Waals surface area contributed by atoms with Crippen LogP contribution in [-0.4, -0.2) is 16.0 Å². The van der Waals surface area contributed by atoms with Crippen LogP contribution in [0, 0.1) is 6.92 Å². The summed E-state index contributed by atoms with van der Waals surface area (Å²) in [5, 5.41) is 6.21. The molecule has 0 fully saturated rings. The minimum Gasteiger partial charge on any atom is -0.338 e. The molecule has 0 saturated carbocycles. The first-order valence-electron chi connectivity index (χ1n) is 6.49. The first kappa shape index (κ1) is 13.1. The van der Waals surface area contributed by atoms with Gasteiger partial charge in [-0.2, -0.15) is 4.98 Å². The van der Waals surface area contributed by atoms with Gasteiger partial charge in [0.25, 0.3) is 11.9 Å². The van der Waals surface area contributed by atoms with E-state index in [1.165, 1.54) is 0 Å². The number of hydrogen-bond acceptors (Lipinski definition) is 4. The fourth-order valence-corrected chi connectivity index (χ4v) is 1.97. The number of nitrogens with one attached hydrogen (secondary N) is 1. The number of carbonyl (C=O) groups excluding carboxylic acids is 1. The van der Waals surface area contributed by atoms with Gasteiger partial charge in [0.15, 0.2) is 0 Å². The normalized spacial score (nSPS) is 10.3. The lowest BCUT2D eigenvalue weighted by molar-refractivity contribution is 0.102. The Morgan fingerprint density at radius 1 is 1.00 bits per heavy atom. The summed E-state index contributed by atoms with van der Waals surface area (Å²) in [7, 11) is 0. The number of rotatable bonds is 3. The largest absolute Gasteiger partial charge is 0.338 e. The summed E-state index contributed by atoms with van der Waals surface area (Å²) in [4.78, 5) is 16.0. The van der Waals surface area contributed by atoms with E-state index in [2.05, 4.69) is 15.5 Å². The van der Waals surface area contributed by atoms with Gasteiger partial charge in [0, 0.05) is 12.5 Å². The Bertz CT molecular complexity index is 749. The maximum atomic E-state index is 12.0. The van der Waals surface area contributed by atoms with Crippen molar-refractivity contribution in [1.29, 1.82) is 0 Å². The number of carbonyl (C=O) groups is 1. The summed E-state index contributed by atoms with van der Waals surface area (Å²) in [6.45, 7) is 1.66. The molecule has 2 aromatic carbocycles. The predicted octanol–water partition coefficient (Wildman–Crippen LogP) is 3.30. The van der Waals surface area contributed by atoms with Crippen molar-refractivity contribution in [3.8, 4) is 11.1 Å². The third kappa shape index (κ3) is 2.97. The zero-order valence-corrected chi connectivity index (χ0v) is 11.4. The third-order valence-corrected chi connectivity index (χ3v) is 3.01. The van der Waals surface area contributed by atoms with E-state index >= 15 is 0 Å². The van der Waals surface area contributed by atoms with Crippen molar-refractivity contribution >= 4 is 11.9 Å². The molecule has 0 unspecified atom stereocenters. The van der Waals surface area contributed by atoms with E-state index in [0.29, 0.717) is 11.5 Å². The Morgan fingerprint density at radius 3 is 2.29 bits per heavy atom. The SMILES string of the molecule is Cc1nc(NC(=O)c2ccc(-c3ccccc3)cc2)no1. The minimum atomic E-state index is -0.268. The monoisotopic (exact) mass is 279 g/mol. The van der Waals surface area contributed by atoms with Gasteiger partial charge in [-0.1, -0.05) is 42.5 Å². The van der Waals surface area contributed by atoms with Crippen molar-refractivity contribution in [2.24, 2.45) is 0 Å². The molecular formula is C16H13N3O2. The van der Waals surface area contributed by atoms with Crippen LogP contribution in [0.15, 0.2) is 59.1 Å². The summed E-state index contributed by atoms with van der Waals surface area (Å²) in [6, 6.07) is 17.3. The summed E-state index contributed by atoms with van der Waals surface area (Å²) in [5.74, 6) is 0.310. The lowest BCUT2D eigenvalue weighted by atomic mass is 10.0. The van der Waals surface area contributed by atoms with E-state index in [1.54, 1.807) is 19.1 Å². The van der Waals surface area contributed by atoms with E-state index in [-0.39, 0.29) is 11.9 Å². The van der Waals surface area contributed by atoms with Gasteiger partial charge in [0.05, 0.1) is 0 Å². The average Bonchev–Trinajstić information content (AvgIpc) is 2.93. The molecule has 3 rings (SSSR count). The maximum Gasteiger partial charge on any atom is 0.270 e. The molecule has 0 aliphatic carbocycles. The Labute approximate surface area is 121 Å². The third-order valence-electron chi connectivity index (χ3n) is 3.01. The predicted molar refractivity (Wildman–Crippen MR) is 78.9 cm³/mol. The van der Waals surface area contributed by atoms with Crippen LogP contribution in [0.4, 0.5) is 5.95 Å². The molecule has 0 radical (unpaired) electrons. The van der Waals surface area contributed by atoms with Gasteiger partial charge in [-0.15, -0.1) is 0 Å². The van der Waals surface area contributed by atoms with Gasteiger partial charge in [0.1, 0.15) is 0 Å². The smallest absolute Gasteiger partial charge is 0.270 e. The van der Waals surface area contributed by atoms with Crippen LogP contribution in [0.2, 0.25) is 0 Å². The molecule has 0 aliphatic rings. The van der Waals surface area contributed by atoms with E-state index < -0.39 is 0 Å². The van der Waals surface area contributed by atoms with Crippen LogP contribution in [-0.2, 0) is 0 Å². The van der Waals surface area contributed by atoms with E-state index in [4.69, 9.17) is 4.52 Å². The highest BCUT2D eigenvalue weighted by Gasteiger charge is 2.10. The van der Waals surface area contributed by atoms with Gasteiger partial charge in [-0.25, -0.2) is 0 Å². The maximum absolute atomic E-state index is 12.0. The van der Waals surface area contributed by atoms with Crippen LogP contribution < -0.4 is 5.32 Å². The number of aryl methyl sites for hydroxylation is 1. The second kappa shape index (κ2) is 5.58. The van der Waals surface area contributed by atoms with Crippen molar-refractivity contribution in [2.45, 2.75) is 6.92 Å². The van der Waals surface area contributed by atoms with E-state index in [9.17, 15) is 4.79 Å². The summed E-state index contributed by atoms with van der Waals surface area (Å²) in [5.41, 5.74) is 2.71. The first-order valence-corrected chi connectivity index (χ1v) is 6.49. The number of aromatic nitrogens is 2. The van der Waals surface area contributed by atoms with Crippen LogP contribution in [0.1, 0.15) is 16.2 Å².